The second-order valence-corrected chi connectivity index (χ2v) is 8.51. The molecular formula is C19H20N4O5S. The predicted molar refractivity (Wildman–Crippen MR) is 109 cm³/mol. The summed E-state index contributed by atoms with van der Waals surface area (Å²) in [5, 5.41) is 10.3. The van der Waals surface area contributed by atoms with E-state index in [1.807, 2.05) is 6.07 Å². The molecule has 0 aliphatic carbocycles. The number of H-pyrrole nitrogens is 1. The van der Waals surface area contributed by atoms with Gasteiger partial charge in [-0.15, -0.1) is 0 Å². The molecule has 152 valence electrons. The molecule has 3 aromatic rings. The number of hydrogen-bond acceptors (Lipinski definition) is 6. The average Bonchev–Trinajstić information content (AvgIpc) is 2.88. The number of aromatic nitrogens is 2. The van der Waals surface area contributed by atoms with Gasteiger partial charge < -0.3 is 14.8 Å². The molecule has 4 rings (SSSR count). The number of aromatic amines is 1. The van der Waals surface area contributed by atoms with Gasteiger partial charge in [0.2, 0.25) is 15.9 Å². The Morgan fingerprint density at radius 3 is 2.72 bits per heavy atom. The fourth-order valence-electron chi connectivity index (χ4n) is 3.07. The van der Waals surface area contributed by atoms with Crippen LogP contribution in [0.25, 0.3) is 10.9 Å². The van der Waals surface area contributed by atoms with Crippen molar-refractivity contribution in [3.8, 4) is 11.5 Å². The lowest BCUT2D eigenvalue weighted by atomic mass is 10.1. The average molecular weight is 416 g/mol. The number of nitrogens with one attached hydrogen (secondary N) is 3. The Morgan fingerprint density at radius 2 is 1.93 bits per heavy atom. The van der Waals surface area contributed by atoms with Crippen molar-refractivity contribution < 1.29 is 22.7 Å². The summed E-state index contributed by atoms with van der Waals surface area (Å²) in [6.45, 7) is 1.18. The molecule has 9 nitrogen and oxygen atoms in total. The third-order valence-electron chi connectivity index (χ3n) is 4.30. The van der Waals surface area contributed by atoms with Crippen molar-refractivity contribution in [1.29, 1.82) is 0 Å². The smallest absolute Gasteiger partial charge is 0.230 e. The third kappa shape index (κ3) is 4.60. The fraction of sp³-hybridized carbons (Fsp3) is 0.263. The van der Waals surface area contributed by atoms with Crippen LogP contribution >= 0.6 is 0 Å². The lowest BCUT2D eigenvalue weighted by Crippen LogP contribution is -2.15. The minimum absolute atomic E-state index is 0.131. The largest absolute Gasteiger partial charge is 0.490 e. The zero-order valence-electron chi connectivity index (χ0n) is 15.7. The molecule has 0 radical (unpaired) electrons. The van der Waals surface area contributed by atoms with Gasteiger partial charge >= 0.3 is 0 Å². The van der Waals surface area contributed by atoms with Crippen LogP contribution in [0.4, 0.5) is 11.5 Å². The van der Waals surface area contributed by atoms with Crippen molar-refractivity contribution in [1.82, 2.24) is 10.2 Å². The second kappa shape index (κ2) is 7.63. The number of carbonyl (C=O) groups excluding carboxylic acids is 1. The van der Waals surface area contributed by atoms with E-state index in [-0.39, 0.29) is 12.3 Å². The highest BCUT2D eigenvalue weighted by molar-refractivity contribution is 7.92. The number of carbonyl (C=O) groups is 1. The lowest BCUT2D eigenvalue weighted by Gasteiger charge is -2.09. The molecule has 3 N–H and O–H groups in total. The predicted octanol–water partition coefficient (Wildman–Crippen LogP) is 2.28. The van der Waals surface area contributed by atoms with Crippen LogP contribution in [-0.2, 0) is 21.2 Å². The lowest BCUT2D eigenvalue weighted by molar-refractivity contribution is -0.115. The molecule has 2 heterocycles. The van der Waals surface area contributed by atoms with E-state index in [9.17, 15) is 13.2 Å². The maximum atomic E-state index is 12.5. The van der Waals surface area contributed by atoms with E-state index >= 15 is 0 Å². The van der Waals surface area contributed by atoms with Crippen LogP contribution in [0.2, 0.25) is 0 Å². The van der Waals surface area contributed by atoms with Crippen LogP contribution in [0.1, 0.15) is 12.0 Å². The van der Waals surface area contributed by atoms with Gasteiger partial charge in [0.1, 0.15) is 0 Å². The second-order valence-electron chi connectivity index (χ2n) is 6.76. The monoisotopic (exact) mass is 416 g/mol. The maximum absolute atomic E-state index is 12.5. The number of hydrogen-bond donors (Lipinski definition) is 3. The van der Waals surface area contributed by atoms with Crippen molar-refractivity contribution in [3.05, 3.63) is 42.0 Å². The molecule has 0 spiro atoms. The van der Waals surface area contributed by atoms with E-state index in [1.165, 1.54) is 0 Å². The molecule has 0 saturated heterocycles. The number of benzene rings is 2. The first kappa shape index (κ1) is 19.1. The highest BCUT2D eigenvalue weighted by Crippen LogP contribution is 2.31. The molecule has 1 aromatic heterocycles. The molecule has 29 heavy (non-hydrogen) atoms. The molecule has 2 aromatic carbocycles. The van der Waals surface area contributed by atoms with Gasteiger partial charge in [0.15, 0.2) is 17.3 Å². The minimum Gasteiger partial charge on any atom is -0.490 e. The first-order chi connectivity index (χ1) is 13.9. The Balaban J connectivity index is 1.50. The Morgan fingerprint density at radius 1 is 1.14 bits per heavy atom. The van der Waals surface area contributed by atoms with Crippen LogP contribution in [-0.4, -0.2) is 44.0 Å². The topological polar surface area (TPSA) is 122 Å². The van der Waals surface area contributed by atoms with Crippen molar-refractivity contribution in [3.63, 3.8) is 0 Å². The van der Waals surface area contributed by atoms with E-state index in [1.54, 1.807) is 30.3 Å². The summed E-state index contributed by atoms with van der Waals surface area (Å²) in [7, 11) is -3.41. The minimum atomic E-state index is -3.41. The van der Waals surface area contributed by atoms with E-state index in [4.69, 9.17) is 9.47 Å². The van der Waals surface area contributed by atoms with Gasteiger partial charge in [0.25, 0.3) is 0 Å². The highest BCUT2D eigenvalue weighted by Gasteiger charge is 2.15. The SMILES string of the molecule is CS(=O)(=O)Nc1ccc2[nH]nc(NC(=O)Cc3ccc4c(c3)OCCCO4)c2c1. The normalized spacial score (nSPS) is 13.7. The van der Waals surface area contributed by atoms with Crippen LogP contribution in [0.5, 0.6) is 11.5 Å². The van der Waals surface area contributed by atoms with E-state index in [2.05, 4.69) is 20.2 Å². The molecule has 1 amide bonds. The van der Waals surface area contributed by atoms with Gasteiger partial charge in [-0.25, -0.2) is 8.42 Å². The Hall–Kier alpha value is -3.27. The van der Waals surface area contributed by atoms with Crippen LogP contribution < -0.4 is 19.5 Å². The number of fused-ring (bicyclic) bond motifs is 2. The van der Waals surface area contributed by atoms with Crippen molar-refractivity contribution in [2.24, 2.45) is 0 Å². The first-order valence-electron chi connectivity index (χ1n) is 9.02. The van der Waals surface area contributed by atoms with Crippen molar-refractivity contribution in [2.75, 3.05) is 29.5 Å². The fourth-order valence-corrected chi connectivity index (χ4v) is 3.62. The third-order valence-corrected chi connectivity index (χ3v) is 4.91. The van der Waals surface area contributed by atoms with Gasteiger partial charge in [-0.2, -0.15) is 5.10 Å². The Bertz CT molecular complexity index is 1170. The van der Waals surface area contributed by atoms with Crippen LogP contribution in [0.15, 0.2) is 36.4 Å². The molecule has 0 bridgehead atoms. The molecule has 0 saturated carbocycles. The molecule has 10 heteroatoms. The summed E-state index contributed by atoms with van der Waals surface area (Å²) < 4.78 is 36.5. The van der Waals surface area contributed by atoms with Gasteiger partial charge in [0, 0.05) is 17.5 Å². The summed E-state index contributed by atoms with van der Waals surface area (Å²) >= 11 is 0. The van der Waals surface area contributed by atoms with Crippen molar-refractivity contribution in [2.45, 2.75) is 12.8 Å². The van der Waals surface area contributed by atoms with Gasteiger partial charge in [-0.3, -0.25) is 14.6 Å². The summed E-state index contributed by atoms with van der Waals surface area (Å²) in [6, 6.07) is 10.3. The molecule has 1 aliphatic heterocycles. The van der Waals surface area contributed by atoms with Crippen molar-refractivity contribution >= 4 is 38.3 Å². The first-order valence-corrected chi connectivity index (χ1v) is 10.9. The highest BCUT2D eigenvalue weighted by atomic mass is 32.2. The van der Waals surface area contributed by atoms with E-state index < -0.39 is 10.0 Å². The molecule has 0 unspecified atom stereocenters. The zero-order valence-corrected chi connectivity index (χ0v) is 16.5. The Labute approximate surface area is 167 Å². The number of nitrogens with zero attached hydrogens (tertiary/aromatic N) is 1. The van der Waals surface area contributed by atoms with Gasteiger partial charge in [-0.1, -0.05) is 6.07 Å². The van der Waals surface area contributed by atoms with Crippen LogP contribution in [0, 0.1) is 0 Å². The molecule has 1 aliphatic rings. The number of sulfonamides is 1. The maximum Gasteiger partial charge on any atom is 0.230 e. The molecule has 0 atom stereocenters. The molecule has 0 fully saturated rings. The Kier molecular flexibility index (Phi) is 5.01. The zero-order chi connectivity index (χ0) is 20.4. The molecular weight excluding hydrogens is 396 g/mol. The summed E-state index contributed by atoms with van der Waals surface area (Å²) in [5.74, 6) is 1.39. The summed E-state index contributed by atoms with van der Waals surface area (Å²) in [5.41, 5.74) is 1.85. The van der Waals surface area contributed by atoms with Gasteiger partial charge in [-0.05, 0) is 35.9 Å². The summed E-state index contributed by atoms with van der Waals surface area (Å²) in [4.78, 5) is 12.5. The standard InChI is InChI=1S/C19H20N4O5S/c1-29(25,26)23-13-4-5-15-14(11-13)19(22-21-15)20-18(24)10-12-3-6-16-17(9-12)28-8-2-7-27-16/h3-6,9,11,23H,2,7-8,10H2,1H3,(H2,20,21,22,24). The van der Waals surface area contributed by atoms with E-state index in [0.717, 1.165) is 18.2 Å². The van der Waals surface area contributed by atoms with Gasteiger partial charge in [0.05, 0.1) is 31.4 Å². The van der Waals surface area contributed by atoms with Crippen LogP contribution in [0.3, 0.4) is 0 Å². The number of anilines is 2. The number of rotatable bonds is 5. The van der Waals surface area contributed by atoms with E-state index in [0.29, 0.717) is 47.1 Å². The number of amides is 1. The quantitative estimate of drug-likeness (QED) is 0.586. The number of ether oxygens (including phenoxy) is 2. The summed E-state index contributed by atoms with van der Waals surface area (Å²) in [6.07, 6.45) is 2.02.